The van der Waals surface area contributed by atoms with E-state index in [1.54, 1.807) is 20.8 Å². The van der Waals surface area contributed by atoms with E-state index in [0.29, 0.717) is 12.8 Å². The number of aliphatic hydroxyl groups excluding tert-OH is 2. The normalized spacial score (nSPS) is 17.5. The van der Waals surface area contributed by atoms with Crippen LogP contribution in [0.5, 0.6) is 0 Å². The Morgan fingerprint density at radius 2 is 1.83 bits per heavy atom. The highest BCUT2D eigenvalue weighted by Gasteiger charge is 2.29. The van der Waals surface area contributed by atoms with Gasteiger partial charge in [0.15, 0.2) is 0 Å². The van der Waals surface area contributed by atoms with Crippen LogP contribution >= 0.6 is 0 Å². The minimum atomic E-state index is -0.872. The second-order valence-corrected chi connectivity index (χ2v) is 3.87. The fraction of sp³-hybridized carbons (Fsp3) is 1.00. The first-order chi connectivity index (χ1) is 5.39. The van der Waals surface area contributed by atoms with Gasteiger partial charge < -0.3 is 15.3 Å². The Morgan fingerprint density at radius 1 is 1.33 bits per heavy atom. The maximum atomic E-state index is 9.63. The second-order valence-electron chi connectivity index (χ2n) is 3.87. The third kappa shape index (κ3) is 4.04. The first-order valence-electron chi connectivity index (χ1n) is 4.41. The fourth-order valence-corrected chi connectivity index (χ4v) is 1.50. The topological polar surface area (TPSA) is 60.7 Å². The van der Waals surface area contributed by atoms with Gasteiger partial charge in [0.25, 0.3) is 0 Å². The highest BCUT2D eigenvalue weighted by atomic mass is 16.3. The van der Waals surface area contributed by atoms with Crippen LogP contribution in [-0.4, -0.2) is 33.6 Å². The highest BCUT2D eigenvalue weighted by molar-refractivity contribution is 4.80. The Morgan fingerprint density at radius 3 is 2.08 bits per heavy atom. The van der Waals surface area contributed by atoms with Crippen molar-refractivity contribution in [1.29, 1.82) is 0 Å². The van der Waals surface area contributed by atoms with E-state index in [2.05, 4.69) is 0 Å². The molecule has 0 aliphatic carbocycles. The predicted molar refractivity (Wildman–Crippen MR) is 47.8 cm³/mol. The number of aliphatic hydroxyl groups is 3. The molecule has 0 aromatic carbocycles. The lowest BCUT2D eigenvalue weighted by molar-refractivity contribution is -0.0456. The molecule has 0 radical (unpaired) electrons. The summed E-state index contributed by atoms with van der Waals surface area (Å²) in [5.41, 5.74) is -0.872. The molecule has 74 valence electrons. The van der Waals surface area contributed by atoms with Crippen molar-refractivity contribution in [2.75, 3.05) is 6.61 Å². The molecule has 3 N–H and O–H groups in total. The quantitative estimate of drug-likeness (QED) is 0.572. The molecule has 0 saturated heterocycles. The molecule has 2 unspecified atom stereocenters. The van der Waals surface area contributed by atoms with E-state index in [1.165, 1.54) is 0 Å². The smallest absolute Gasteiger partial charge is 0.0644 e. The van der Waals surface area contributed by atoms with Gasteiger partial charge >= 0.3 is 0 Å². The van der Waals surface area contributed by atoms with E-state index in [-0.39, 0.29) is 12.5 Å². The number of hydrogen-bond acceptors (Lipinski definition) is 3. The van der Waals surface area contributed by atoms with Crippen molar-refractivity contribution in [3.05, 3.63) is 0 Å². The van der Waals surface area contributed by atoms with E-state index in [1.807, 2.05) is 0 Å². The van der Waals surface area contributed by atoms with E-state index >= 15 is 0 Å². The Hall–Kier alpha value is -0.120. The fourth-order valence-electron chi connectivity index (χ4n) is 1.50. The SMILES string of the molecule is CC(O)C(CCCO)C(C)(C)O. The summed E-state index contributed by atoms with van der Waals surface area (Å²) in [5.74, 6) is -0.162. The number of hydrogen-bond donors (Lipinski definition) is 3. The molecule has 3 nitrogen and oxygen atoms in total. The molecule has 0 aliphatic heterocycles. The summed E-state index contributed by atoms with van der Waals surface area (Å²) in [4.78, 5) is 0. The molecule has 0 amide bonds. The van der Waals surface area contributed by atoms with Crippen molar-refractivity contribution in [3.8, 4) is 0 Å². The zero-order valence-corrected chi connectivity index (χ0v) is 8.12. The first kappa shape index (κ1) is 11.9. The van der Waals surface area contributed by atoms with Gasteiger partial charge in [-0.05, 0) is 33.6 Å². The van der Waals surface area contributed by atoms with Gasteiger partial charge in [0.2, 0.25) is 0 Å². The lowest BCUT2D eigenvalue weighted by Gasteiger charge is -2.31. The van der Waals surface area contributed by atoms with Crippen molar-refractivity contribution in [1.82, 2.24) is 0 Å². The van der Waals surface area contributed by atoms with Crippen LogP contribution in [0.1, 0.15) is 33.6 Å². The Labute approximate surface area is 74.0 Å². The summed E-state index contributed by atoms with van der Waals surface area (Å²) in [6.07, 6.45) is 0.744. The summed E-state index contributed by atoms with van der Waals surface area (Å²) >= 11 is 0. The monoisotopic (exact) mass is 176 g/mol. The van der Waals surface area contributed by atoms with Crippen LogP contribution in [0.3, 0.4) is 0 Å². The average Bonchev–Trinajstić information content (AvgIpc) is 1.84. The van der Waals surface area contributed by atoms with Crippen molar-refractivity contribution in [2.45, 2.75) is 45.3 Å². The molecule has 0 fully saturated rings. The van der Waals surface area contributed by atoms with Gasteiger partial charge in [0, 0.05) is 12.5 Å². The minimum absolute atomic E-state index is 0.110. The largest absolute Gasteiger partial charge is 0.396 e. The third-order valence-electron chi connectivity index (χ3n) is 2.16. The van der Waals surface area contributed by atoms with Gasteiger partial charge in [-0.15, -0.1) is 0 Å². The van der Waals surface area contributed by atoms with Crippen LogP contribution in [0.15, 0.2) is 0 Å². The first-order valence-corrected chi connectivity index (χ1v) is 4.41. The summed E-state index contributed by atoms with van der Waals surface area (Å²) in [5, 5.41) is 27.6. The summed E-state index contributed by atoms with van der Waals surface area (Å²) in [6, 6.07) is 0. The van der Waals surface area contributed by atoms with Crippen LogP contribution in [0.25, 0.3) is 0 Å². The second kappa shape index (κ2) is 4.80. The van der Waals surface area contributed by atoms with Crippen molar-refractivity contribution in [2.24, 2.45) is 5.92 Å². The summed E-state index contributed by atoms with van der Waals surface area (Å²) < 4.78 is 0. The maximum absolute atomic E-state index is 9.63. The summed E-state index contributed by atoms with van der Waals surface area (Å²) in [7, 11) is 0. The van der Waals surface area contributed by atoms with Gasteiger partial charge in [0.1, 0.15) is 0 Å². The average molecular weight is 176 g/mol. The van der Waals surface area contributed by atoms with E-state index in [0.717, 1.165) is 0 Å². The Balaban J connectivity index is 4.05. The van der Waals surface area contributed by atoms with Crippen LogP contribution < -0.4 is 0 Å². The molecule has 0 spiro atoms. The van der Waals surface area contributed by atoms with Crippen LogP contribution in [0.2, 0.25) is 0 Å². The van der Waals surface area contributed by atoms with Gasteiger partial charge in [0.05, 0.1) is 11.7 Å². The predicted octanol–water partition coefficient (Wildman–Crippen LogP) is 0.527. The van der Waals surface area contributed by atoms with Crippen molar-refractivity contribution < 1.29 is 15.3 Å². The molecule has 0 rings (SSSR count). The standard InChI is InChI=1S/C9H20O3/c1-7(11)8(5-4-6-10)9(2,3)12/h7-8,10-12H,4-6H2,1-3H3. The van der Waals surface area contributed by atoms with Crippen molar-refractivity contribution in [3.63, 3.8) is 0 Å². The minimum Gasteiger partial charge on any atom is -0.396 e. The molecule has 0 heterocycles. The molecule has 12 heavy (non-hydrogen) atoms. The Bertz CT molecular complexity index is 115. The molecule has 0 aliphatic rings. The van der Waals surface area contributed by atoms with Gasteiger partial charge in [-0.3, -0.25) is 0 Å². The zero-order valence-electron chi connectivity index (χ0n) is 8.12. The molecule has 0 saturated carbocycles. The van der Waals surface area contributed by atoms with Crippen LogP contribution in [-0.2, 0) is 0 Å². The van der Waals surface area contributed by atoms with Gasteiger partial charge in [-0.2, -0.15) is 0 Å². The molecule has 0 bridgehead atoms. The van der Waals surface area contributed by atoms with Crippen LogP contribution in [0.4, 0.5) is 0 Å². The van der Waals surface area contributed by atoms with E-state index < -0.39 is 11.7 Å². The molecule has 2 atom stereocenters. The van der Waals surface area contributed by atoms with Gasteiger partial charge in [-0.25, -0.2) is 0 Å². The highest BCUT2D eigenvalue weighted by Crippen LogP contribution is 2.24. The maximum Gasteiger partial charge on any atom is 0.0644 e. The zero-order chi connectivity index (χ0) is 9.78. The lowest BCUT2D eigenvalue weighted by Crippen LogP contribution is -2.38. The van der Waals surface area contributed by atoms with Gasteiger partial charge in [-0.1, -0.05) is 0 Å². The van der Waals surface area contributed by atoms with Crippen molar-refractivity contribution >= 4 is 0 Å². The molecule has 3 heteroatoms. The molecular weight excluding hydrogens is 156 g/mol. The molecular formula is C9H20O3. The molecule has 0 aromatic rings. The number of rotatable bonds is 5. The lowest BCUT2D eigenvalue weighted by atomic mass is 9.83. The third-order valence-corrected chi connectivity index (χ3v) is 2.16. The van der Waals surface area contributed by atoms with E-state index in [9.17, 15) is 10.2 Å². The Kier molecular flexibility index (Phi) is 4.75. The van der Waals surface area contributed by atoms with Crippen LogP contribution in [0, 0.1) is 5.92 Å². The van der Waals surface area contributed by atoms with E-state index in [4.69, 9.17) is 5.11 Å². The molecule has 0 aromatic heterocycles. The summed E-state index contributed by atoms with van der Waals surface area (Å²) in [6.45, 7) is 5.14.